The quantitative estimate of drug-likeness (QED) is 0.638. The van der Waals surface area contributed by atoms with E-state index in [0.29, 0.717) is 6.04 Å². The summed E-state index contributed by atoms with van der Waals surface area (Å²) in [5, 5.41) is 8.93. The smallest absolute Gasteiger partial charge is 0.0683 e. The molecule has 0 fully saturated rings. The largest absolute Gasteiger partial charge is 0.383 e. The van der Waals surface area contributed by atoms with Crippen molar-refractivity contribution in [3.63, 3.8) is 0 Å². The van der Waals surface area contributed by atoms with Gasteiger partial charge in [-0.2, -0.15) is 5.26 Å². The molecule has 0 amide bonds. The summed E-state index contributed by atoms with van der Waals surface area (Å²) in [7, 11) is 1.73. The zero-order chi connectivity index (χ0) is 12.6. The van der Waals surface area contributed by atoms with Gasteiger partial charge in [-0.15, -0.1) is 0 Å². The molecule has 0 saturated heterocycles. The molecule has 0 bridgehead atoms. The first-order valence-corrected chi connectivity index (χ1v) is 6.07. The van der Waals surface area contributed by atoms with Crippen LogP contribution < -0.4 is 0 Å². The number of hydrogen-bond donors (Lipinski definition) is 0. The molecule has 0 radical (unpaired) electrons. The zero-order valence-corrected chi connectivity index (χ0v) is 11.4. The Hall–Kier alpha value is -0.590. The molecule has 0 saturated carbocycles. The van der Waals surface area contributed by atoms with E-state index in [1.165, 1.54) is 0 Å². The van der Waals surface area contributed by atoms with Crippen molar-refractivity contribution in [2.75, 3.05) is 26.8 Å². The van der Waals surface area contributed by atoms with Crippen LogP contribution in [0.4, 0.5) is 0 Å². The molecule has 0 aromatic heterocycles. The number of nitriles is 1. The molecule has 0 aromatic carbocycles. The van der Waals surface area contributed by atoms with E-state index in [0.717, 1.165) is 32.5 Å². The second kappa shape index (κ2) is 7.65. The van der Waals surface area contributed by atoms with Gasteiger partial charge >= 0.3 is 0 Å². The van der Waals surface area contributed by atoms with Crippen LogP contribution in [0, 0.1) is 16.7 Å². The van der Waals surface area contributed by atoms with E-state index in [-0.39, 0.29) is 5.41 Å². The molecule has 0 aliphatic rings. The second-order valence-corrected chi connectivity index (χ2v) is 5.22. The molecule has 0 atom stereocenters. The van der Waals surface area contributed by atoms with Crippen LogP contribution in [-0.4, -0.2) is 37.7 Å². The average molecular weight is 226 g/mol. The molecule has 16 heavy (non-hydrogen) atoms. The van der Waals surface area contributed by atoms with Crippen LogP contribution in [0.15, 0.2) is 0 Å². The third kappa shape index (κ3) is 6.81. The summed E-state index contributed by atoms with van der Waals surface area (Å²) in [5.74, 6) is 0. The second-order valence-electron chi connectivity index (χ2n) is 5.22. The minimum Gasteiger partial charge on any atom is -0.383 e. The van der Waals surface area contributed by atoms with Crippen molar-refractivity contribution >= 4 is 0 Å². The van der Waals surface area contributed by atoms with Crippen LogP contribution in [0.1, 0.15) is 40.5 Å². The summed E-state index contributed by atoms with van der Waals surface area (Å²) in [6.07, 6.45) is 2.03. The first kappa shape index (κ1) is 15.4. The SMILES string of the molecule is COCCN(CCCC(C)(C)C#N)C(C)C. The van der Waals surface area contributed by atoms with Crippen molar-refractivity contribution < 1.29 is 4.74 Å². The highest BCUT2D eigenvalue weighted by atomic mass is 16.5. The van der Waals surface area contributed by atoms with Gasteiger partial charge in [0.25, 0.3) is 0 Å². The van der Waals surface area contributed by atoms with Crippen LogP contribution in [-0.2, 0) is 4.74 Å². The molecule has 0 N–H and O–H groups in total. The molecular weight excluding hydrogens is 200 g/mol. The number of nitrogens with zero attached hydrogens (tertiary/aromatic N) is 2. The lowest BCUT2D eigenvalue weighted by Crippen LogP contribution is -2.35. The Morgan fingerprint density at radius 1 is 1.31 bits per heavy atom. The first-order valence-electron chi connectivity index (χ1n) is 6.07. The van der Waals surface area contributed by atoms with Gasteiger partial charge in [0.05, 0.1) is 18.1 Å². The lowest BCUT2D eigenvalue weighted by atomic mass is 9.90. The number of hydrogen-bond acceptors (Lipinski definition) is 3. The Balaban J connectivity index is 3.90. The molecule has 0 aliphatic carbocycles. The summed E-state index contributed by atoms with van der Waals surface area (Å²) < 4.78 is 5.10. The van der Waals surface area contributed by atoms with Crippen molar-refractivity contribution in [3.8, 4) is 6.07 Å². The molecule has 0 aliphatic heterocycles. The third-order valence-corrected chi connectivity index (χ3v) is 2.86. The van der Waals surface area contributed by atoms with Gasteiger partial charge < -0.3 is 4.74 Å². The van der Waals surface area contributed by atoms with Crippen LogP contribution in [0.25, 0.3) is 0 Å². The first-order chi connectivity index (χ1) is 7.43. The summed E-state index contributed by atoms with van der Waals surface area (Å²) in [6, 6.07) is 2.89. The predicted molar refractivity (Wildman–Crippen MR) is 67.2 cm³/mol. The van der Waals surface area contributed by atoms with Crippen LogP contribution in [0.3, 0.4) is 0 Å². The van der Waals surface area contributed by atoms with Gasteiger partial charge in [0, 0.05) is 19.7 Å². The standard InChI is InChI=1S/C13H26N2O/c1-12(2)15(9-10-16-5)8-6-7-13(3,4)11-14/h12H,6-10H2,1-5H3. The lowest BCUT2D eigenvalue weighted by Gasteiger charge is -2.27. The highest BCUT2D eigenvalue weighted by molar-refractivity contribution is 4.91. The third-order valence-electron chi connectivity index (χ3n) is 2.86. The molecule has 0 spiro atoms. The summed E-state index contributed by atoms with van der Waals surface area (Å²) in [5.41, 5.74) is -0.191. The van der Waals surface area contributed by atoms with Crippen LogP contribution in [0.5, 0.6) is 0 Å². The van der Waals surface area contributed by atoms with E-state index in [9.17, 15) is 0 Å². The molecule has 3 nitrogen and oxygen atoms in total. The van der Waals surface area contributed by atoms with Crippen molar-refractivity contribution in [1.29, 1.82) is 5.26 Å². The number of methoxy groups -OCH3 is 1. The van der Waals surface area contributed by atoms with E-state index in [1.807, 2.05) is 13.8 Å². The molecule has 0 aromatic rings. The Kier molecular flexibility index (Phi) is 7.36. The van der Waals surface area contributed by atoms with Gasteiger partial charge in [-0.25, -0.2) is 0 Å². The Morgan fingerprint density at radius 2 is 1.94 bits per heavy atom. The van der Waals surface area contributed by atoms with Crippen molar-refractivity contribution in [2.45, 2.75) is 46.6 Å². The maximum atomic E-state index is 8.93. The van der Waals surface area contributed by atoms with E-state index in [2.05, 4.69) is 24.8 Å². The van der Waals surface area contributed by atoms with E-state index >= 15 is 0 Å². The van der Waals surface area contributed by atoms with Crippen molar-refractivity contribution in [1.82, 2.24) is 4.90 Å². The normalized spacial score (nSPS) is 12.1. The predicted octanol–water partition coefficient (Wildman–Crippen LogP) is 2.67. The topological polar surface area (TPSA) is 36.3 Å². The summed E-state index contributed by atoms with van der Waals surface area (Å²) in [4.78, 5) is 2.40. The Bertz CT molecular complexity index is 218. The number of ether oxygens (including phenoxy) is 1. The Labute approximate surface area is 100 Å². The van der Waals surface area contributed by atoms with Gasteiger partial charge in [0.2, 0.25) is 0 Å². The van der Waals surface area contributed by atoms with Gasteiger partial charge in [0.15, 0.2) is 0 Å². The minimum atomic E-state index is -0.191. The minimum absolute atomic E-state index is 0.191. The summed E-state index contributed by atoms with van der Waals surface area (Å²) in [6.45, 7) is 11.2. The van der Waals surface area contributed by atoms with Crippen LogP contribution >= 0.6 is 0 Å². The Morgan fingerprint density at radius 3 is 2.38 bits per heavy atom. The molecule has 94 valence electrons. The number of rotatable bonds is 8. The molecule has 0 heterocycles. The fraction of sp³-hybridized carbons (Fsp3) is 0.923. The van der Waals surface area contributed by atoms with E-state index in [4.69, 9.17) is 10.00 Å². The van der Waals surface area contributed by atoms with Gasteiger partial charge in [-0.05, 0) is 47.1 Å². The maximum absolute atomic E-state index is 8.93. The van der Waals surface area contributed by atoms with Crippen LogP contribution in [0.2, 0.25) is 0 Å². The fourth-order valence-corrected chi connectivity index (χ4v) is 1.62. The summed E-state index contributed by atoms with van der Waals surface area (Å²) >= 11 is 0. The van der Waals surface area contributed by atoms with E-state index in [1.54, 1.807) is 7.11 Å². The monoisotopic (exact) mass is 226 g/mol. The molecule has 3 heteroatoms. The molecular formula is C13H26N2O. The lowest BCUT2D eigenvalue weighted by molar-refractivity contribution is 0.126. The average Bonchev–Trinajstić information content (AvgIpc) is 2.22. The molecule has 0 unspecified atom stereocenters. The van der Waals surface area contributed by atoms with Crippen molar-refractivity contribution in [3.05, 3.63) is 0 Å². The molecule has 0 rings (SSSR count). The van der Waals surface area contributed by atoms with Crippen molar-refractivity contribution in [2.24, 2.45) is 5.41 Å². The van der Waals surface area contributed by atoms with Gasteiger partial charge in [-0.1, -0.05) is 0 Å². The van der Waals surface area contributed by atoms with Gasteiger partial charge in [-0.3, -0.25) is 4.90 Å². The van der Waals surface area contributed by atoms with Gasteiger partial charge in [0.1, 0.15) is 0 Å². The zero-order valence-electron chi connectivity index (χ0n) is 11.4. The van der Waals surface area contributed by atoms with E-state index < -0.39 is 0 Å². The highest BCUT2D eigenvalue weighted by Crippen LogP contribution is 2.20. The highest BCUT2D eigenvalue weighted by Gasteiger charge is 2.17. The fourth-order valence-electron chi connectivity index (χ4n) is 1.62. The maximum Gasteiger partial charge on any atom is 0.0683 e.